The fourth-order valence-corrected chi connectivity index (χ4v) is 3.35. The quantitative estimate of drug-likeness (QED) is 0.882. The van der Waals surface area contributed by atoms with Crippen molar-refractivity contribution >= 4 is 23.5 Å². The molecule has 0 bridgehead atoms. The maximum atomic E-state index is 12.8. The molecule has 1 aliphatic heterocycles. The van der Waals surface area contributed by atoms with E-state index in [1.54, 1.807) is 47.6 Å². The maximum absolute atomic E-state index is 12.8. The summed E-state index contributed by atoms with van der Waals surface area (Å²) in [6.45, 7) is 2.70. The Morgan fingerprint density at radius 3 is 2.62 bits per heavy atom. The van der Waals surface area contributed by atoms with E-state index < -0.39 is 11.9 Å². The lowest BCUT2D eigenvalue weighted by molar-refractivity contribution is -0.143. The zero-order valence-electron chi connectivity index (χ0n) is 14.3. The van der Waals surface area contributed by atoms with E-state index in [0.29, 0.717) is 35.1 Å². The van der Waals surface area contributed by atoms with Crippen LogP contribution in [0.4, 0.5) is 0 Å². The van der Waals surface area contributed by atoms with E-state index in [4.69, 9.17) is 16.3 Å². The number of carbonyl (C=O) groups is 2. The Morgan fingerprint density at radius 2 is 1.96 bits per heavy atom. The van der Waals surface area contributed by atoms with Crippen LogP contribution in [0.15, 0.2) is 42.7 Å². The lowest BCUT2D eigenvalue weighted by Gasteiger charge is -2.34. The highest BCUT2D eigenvalue weighted by Crippen LogP contribution is 2.31. The predicted octanol–water partition coefficient (Wildman–Crippen LogP) is 3.71. The second kappa shape index (κ2) is 7.74. The average Bonchev–Trinajstić information content (AvgIpc) is 2.63. The third-order valence-corrected chi connectivity index (χ3v) is 4.65. The van der Waals surface area contributed by atoms with Gasteiger partial charge in [-0.25, -0.2) is 0 Å². The number of likely N-dealkylation sites (tertiary alicyclic amines) is 1. The SMILES string of the molecule is CC1CC(C(=O)O)CN(C(=O)c2ccc(Oc3ccncc3)c(Cl)c2)C1. The lowest BCUT2D eigenvalue weighted by atomic mass is 9.90. The van der Waals surface area contributed by atoms with Crippen molar-refractivity contribution in [1.29, 1.82) is 0 Å². The molecule has 1 aromatic carbocycles. The summed E-state index contributed by atoms with van der Waals surface area (Å²) >= 11 is 6.26. The van der Waals surface area contributed by atoms with Crippen LogP contribution in [0.2, 0.25) is 5.02 Å². The van der Waals surface area contributed by atoms with Crippen LogP contribution in [0.3, 0.4) is 0 Å². The number of carboxylic acid groups (broad SMARTS) is 1. The van der Waals surface area contributed by atoms with E-state index in [9.17, 15) is 14.7 Å². The third-order valence-electron chi connectivity index (χ3n) is 4.35. The molecule has 1 saturated heterocycles. The van der Waals surface area contributed by atoms with Gasteiger partial charge in [0.05, 0.1) is 10.9 Å². The van der Waals surface area contributed by atoms with Gasteiger partial charge in [-0.2, -0.15) is 0 Å². The molecule has 3 rings (SSSR count). The number of hydrogen-bond donors (Lipinski definition) is 1. The zero-order valence-corrected chi connectivity index (χ0v) is 15.0. The molecule has 6 nitrogen and oxygen atoms in total. The number of carbonyl (C=O) groups excluding carboxylic acids is 1. The fraction of sp³-hybridized carbons (Fsp3) is 0.316. The van der Waals surface area contributed by atoms with Gasteiger partial charge in [0.15, 0.2) is 0 Å². The van der Waals surface area contributed by atoms with Gasteiger partial charge in [-0.05, 0) is 42.7 Å². The van der Waals surface area contributed by atoms with Crippen molar-refractivity contribution in [2.75, 3.05) is 13.1 Å². The number of rotatable bonds is 4. The Hall–Kier alpha value is -2.60. The average molecular weight is 375 g/mol. The Bertz CT molecular complexity index is 812. The minimum absolute atomic E-state index is 0.138. The molecule has 7 heteroatoms. The number of ether oxygens (including phenoxy) is 1. The molecule has 0 saturated carbocycles. The summed E-state index contributed by atoms with van der Waals surface area (Å²) in [5.41, 5.74) is 0.412. The van der Waals surface area contributed by atoms with Gasteiger partial charge in [-0.3, -0.25) is 14.6 Å². The van der Waals surface area contributed by atoms with Gasteiger partial charge in [0, 0.05) is 31.0 Å². The molecule has 26 heavy (non-hydrogen) atoms. The van der Waals surface area contributed by atoms with Gasteiger partial charge in [-0.1, -0.05) is 18.5 Å². The van der Waals surface area contributed by atoms with Crippen LogP contribution in [0.5, 0.6) is 11.5 Å². The first-order chi connectivity index (χ1) is 12.4. The number of hydrogen-bond acceptors (Lipinski definition) is 4. The van der Waals surface area contributed by atoms with E-state index in [2.05, 4.69) is 4.98 Å². The molecular formula is C19H19ClN2O4. The molecule has 2 heterocycles. The van der Waals surface area contributed by atoms with E-state index >= 15 is 0 Å². The van der Waals surface area contributed by atoms with Gasteiger partial charge in [0.2, 0.25) is 0 Å². The summed E-state index contributed by atoms with van der Waals surface area (Å²) in [5.74, 6) is -0.459. The van der Waals surface area contributed by atoms with Crippen LogP contribution in [0, 0.1) is 11.8 Å². The molecular weight excluding hydrogens is 356 g/mol. The summed E-state index contributed by atoms with van der Waals surface area (Å²) in [7, 11) is 0. The first-order valence-electron chi connectivity index (χ1n) is 8.33. The molecule has 136 valence electrons. The van der Waals surface area contributed by atoms with E-state index in [0.717, 1.165) is 0 Å². The number of aromatic nitrogens is 1. The first-order valence-corrected chi connectivity index (χ1v) is 8.71. The van der Waals surface area contributed by atoms with E-state index in [1.165, 1.54) is 0 Å². The van der Waals surface area contributed by atoms with Crippen molar-refractivity contribution in [3.8, 4) is 11.5 Å². The number of benzene rings is 1. The number of nitrogens with zero attached hydrogens (tertiary/aromatic N) is 2. The highest BCUT2D eigenvalue weighted by molar-refractivity contribution is 6.32. The molecule has 1 N–H and O–H groups in total. The normalized spacial score (nSPS) is 19.8. The smallest absolute Gasteiger partial charge is 0.308 e. The minimum atomic E-state index is -0.867. The Morgan fingerprint density at radius 1 is 1.23 bits per heavy atom. The maximum Gasteiger partial charge on any atom is 0.308 e. The number of amides is 1. The number of aliphatic carboxylic acids is 1. The monoisotopic (exact) mass is 374 g/mol. The van der Waals surface area contributed by atoms with Crippen molar-refractivity contribution in [2.45, 2.75) is 13.3 Å². The van der Waals surface area contributed by atoms with Crippen molar-refractivity contribution in [3.05, 3.63) is 53.3 Å². The second-order valence-corrected chi connectivity index (χ2v) is 6.92. The van der Waals surface area contributed by atoms with Crippen LogP contribution in [-0.4, -0.2) is 40.0 Å². The van der Waals surface area contributed by atoms with Crippen molar-refractivity contribution < 1.29 is 19.4 Å². The zero-order chi connectivity index (χ0) is 18.7. The highest BCUT2D eigenvalue weighted by Gasteiger charge is 2.32. The van der Waals surface area contributed by atoms with Crippen LogP contribution in [0.25, 0.3) is 0 Å². The summed E-state index contributed by atoms with van der Waals surface area (Å²) < 4.78 is 5.68. The Labute approximate surface area is 156 Å². The number of carboxylic acids is 1. The second-order valence-electron chi connectivity index (χ2n) is 6.52. The largest absolute Gasteiger partial charge is 0.481 e. The number of pyridine rings is 1. The van der Waals surface area contributed by atoms with Crippen LogP contribution in [0.1, 0.15) is 23.7 Å². The van der Waals surface area contributed by atoms with Gasteiger partial charge in [0.25, 0.3) is 5.91 Å². The van der Waals surface area contributed by atoms with Crippen LogP contribution >= 0.6 is 11.6 Å². The molecule has 0 aliphatic carbocycles. The van der Waals surface area contributed by atoms with Crippen LogP contribution < -0.4 is 4.74 Å². The molecule has 2 atom stereocenters. The molecule has 1 amide bonds. The van der Waals surface area contributed by atoms with Gasteiger partial charge >= 0.3 is 5.97 Å². The fourth-order valence-electron chi connectivity index (χ4n) is 3.13. The Balaban J connectivity index is 1.75. The molecule has 0 radical (unpaired) electrons. The predicted molar refractivity (Wildman–Crippen MR) is 96.6 cm³/mol. The molecule has 0 spiro atoms. The number of halogens is 1. The molecule has 2 unspecified atom stereocenters. The first kappa shape index (κ1) is 18.2. The molecule has 1 fully saturated rings. The van der Waals surface area contributed by atoms with Crippen molar-refractivity contribution in [2.24, 2.45) is 11.8 Å². The minimum Gasteiger partial charge on any atom is -0.481 e. The van der Waals surface area contributed by atoms with Gasteiger partial charge in [-0.15, -0.1) is 0 Å². The number of piperidine rings is 1. The lowest BCUT2D eigenvalue weighted by Crippen LogP contribution is -2.45. The summed E-state index contributed by atoms with van der Waals surface area (Å²) in [5, 5.41) is 9.58. The van der Waals surface area contributed by atoms with Gasteiger partial charge < -0.3 is 14.7 Å². The van der Waals surface area contributed by atoms with Crippen LogP contribution in [-0.2, 0) is 4.79 Å². The van der Waals surface area contributed by atoms with Crippen molar-refractivity contribution in [3.63, 3.8) is 0 Å². The summed E-state index contributed by atoms with van der Waals surface area (Å²) in [4.78, 5) is 29.6. The standard InChI is InChI=1S/C19H19ClN2O4/c1-12-8-14(19(24)25)11-22(10-12)18(23)13-2-3-17(16(20)9-13)26-15-4-6-21-7-5-15/h2-7,9,12,14H,8,10-11H2,1H3,(H,24,25). The topological polar surface area (TPSA) is 79.7 Å². The summed E-state index contributed by atoms with van der Waals surface area (Å²) in [6.07, 6.45) is 3.80. The highest BCUT2D eigenvalue weighted by atomic mass is 35.5. The molecule has 2 aromatic rings. The van der Waals surface area contributed by atoms with Crippen molar-refractivity contribution in [1.82, 2.24) is 9.88 Å². The van der Waals surface area contributed by atoms with E-state index in [1.807, 2.05) is 6.92 Å². The summed E-state index contributed by atoms with van der Waals surface area (Å²) in [6, 6.07) is 8.24. The van der Waals surface area contributed by atoms with E-state index in [-0.39, 0.29) is 18.4 Å². The molecule has 1 aliphatic rings. The molecule has 1 aromatic heterocycles. The Kier molecular flexibility index (Phi) is 5.42. The van der Waals surface area contributed by atoms with Gasteiger partial charge in [0.1, 0.15) is 11.5 Å². The third kappa shape index (κ3) is 4.14.